The van der Waals surface area contributed by atoms with Crippen LogP contribution in [0.4, 0.5) is 13.2 Å². The number of rotatable bonds is 7. The molecule has 4 nitrogen and oxygen atoms in total. The molecule has 0 saturated heterocycles. The van der Waals surface area contributed by atoms with E-state index in [1.165, 1.54) is 18.2 Å². The van der Waals surface area contributed by atoms with Crippen molar-refractivity contribution in [2.45, 2.75) is 26.1 Å². The summed E-state index contributed by atoms with van der Waals surface area (Å²) in [4.78, 5) is 11.9. The van der Waals surface area contributed by atoms with Crippen molar-refractivity contribution in [1.29, 1.82) is 0 Å². The normalized spacial score (nSPS) is 12.3. The van der Waals surface area contributed by atoms with E-state index in [-0.39, 0.29) is 24.9 Å². The molecule has 1 atom stereocenters. The van der Waals surface area contributed by atoms with Gasteiger partial charge in [0.15, 0.2) is 6.61 Å². The fourth-order valence-corrected chi connectivity index (χ4v) is 2.26. The Labute approximate surface area is 149 Å². The Bertz CT molecular complexity index is 747. The van der Waals surface area contributed by atoms with Crippen LogP contribution in [0.3, 0.4) is 0 Å². The van der Waals surface area contributed by atoms with Gasteiger partial charge in [0.2, 0.25) is 0 Å². The quantitative estimate of drug-likeness (QED) is 0.805. The van der Waals surface area contributed by atoms with Crippen LogP contribution < -0.4 is 14.8 Å². The molecule has 2 aromatic carbocycles. The van der Waals surface area contributed by atoms with E-state index in [1.807, 2.05) is 19.1 Å². The fraction of sp³-hybridized carbons (Fsp3) is 0.316. The van der Waals surface area contributed by atoms with Crippen molar-refractivity contribution in [1.82, 2.24) is 5.32 Å². The number of benzene rings is 2. The molecule has 1 unspecified atom stereocenters. The number of alkyl halides is 3. The van der Waals surface area contributed by atoms with Crippen molar-refractivity contribution < 1.29 is 27.4 Å². The van der Waals surface area contributed by atoms with Gasteiger partial charge in [-0.2, -0.15) is 13.2 Å². The molecule has 0 bridgehead atoms. The summed E-state index contributed by atoms with van der Waals surface area (Å²) in [7, 11) is 0. The lowest BCUT2D eigenvalue weighted by Gasteiger charge is -2.18. The van der Waals surface area contributed by atoms with Gasteiger partial charge in [-0.15, -0.1) is 0 Å². The Morgan fingerprint density at radius 1 is 1.04 bits per heavy atom. The van der Waals surface area contributed by atoms with Gasteiger partial charge in [-0.25, -0.2) is 0 Å². The molecule has 2 aromatic rings. The summed E-state index contributed by atoms with van der Waals surface area (Å²) < 4.78 is 49.4. The van der Waals surface area contributed by atoms with Gasteiger partial charge in [0, 0.05) is 0 Å². The van der Waals surface area contributed by atoms with Gasteiger partial charge in [0.25, 0.3) is 5.91 Å². The first-order valence-corrected chi connectivity index (χ1v) is 8.04. The molecule has 7 heteroatoms. The molecule has 0 radical (unpaired) electrons. The van der Waals surface area contributed by atoms with E-state index in [2.05, 4.69) is 5.32 Å². The lowest BCUT2D eigenvalue weighted by Crippen LogP contribution is -2.39. The highest BCUT2D eigenvalue weighted by Gasteiger charge is 2.34. The summed E-state index contributed by atoms with van der Waals surface area (Å²) in [6.45, 7) is 3.22. The Morgan fingerprint density at radius 2 is 1.65 bits per heavy atom. The summed E-state index contributed by atoms with van der Waals surface area (Å²) in [5.41, 5.74) is 0.0573. The monoisotopic (exact) mass is 367 g/mol. The Kier molecular flexibility index (Phi) is 6.49. The molecule has 140 valence electrons. The minimum absolute atomic E-state index is 0.0940. The van der Waals surface area contributed by atoms with Crippen LogP contribution in [0.25, 0.3) is 0 Å². The van der Waals surface area contributed by atoms with Crippen molar-refractivity contribution in [3.63, 3.8) is 0 Å². The average Bonchev–Trinajstić information content (AvgIpc) is 2.59. The third-order valence-corrected chi connectivity index (χ3v) is 3.54. The second kappa shape index (κ2) is 8.60. The summed E-state index contributed by atoms with van der Waals surface area (Å²) in [6, 6.07) is 11.8. The topological polar surface area (TPSA) is 47.6 Å². The molecule has 26 heavy (non-hydrogen) atoms. The molecule has 0 heterocycles. The van der Waals surface area contributed by atoms with E-state index in [0.29, 0.717) is 5.75 Å². The van der Waals surface area contributed by atoms with Crippen molar-refractivity contribution >= 4 is 5.91 Å². The molecule has 0 aromatic heterocycles. The zero-order valence-corrected chi connectivity index (χ0v) is 14.5. The number of carbonyl (C=O) groups is 1. The van der Waals surface area contributed by atoms with Gasteiger partial charge < -0.3 is 14.8 Å². The lowest BCUT2D eigenvalue weighted by molar-refractivity contribution is -0.139. The van der Waals surface area contributed by atoms with Crippen molar-refractivity contribution in [2.75, 3.05) is 13.2 Å². The second-order valence-corrected chi connectivity index (χ2v) is 5.83. The van der Waals surface area contributed by atoms with Gasteiger partial charge in [-0.05, 0) is 37.6 Å². The highest BCUT2D eigenvalue weighted by Crippen LogP contribution is 2.35. The van der Waals surface area contributed by atoms with Gasteiger partial charge in [-0.3, -0.25) is 4.79 Å². The standard InChI is InChI=1S/C19H20F3NO3/c1-13-7-3-5-9-16(13)26-12-18(24)23-14(2)11-25-17-10-6-4-8-15(17)19(20,21)22/h3-10,14H,11-12H2,1-2H3,(H,23,24). The minimum atomic E-state index is -4.50. The van der Waals surface area contributed by atoms with Gasteiger partial charge in [0.05, 0.1) is 11.6 Å². The molecular weight excluding hydrogens is 347 g/mol. The first-order valence-electron chi connectivity index (χ1n) is 8.04. The maximum absolute atomic E-state index is 12.9. The number of carbonyl (C=O) groups excluding carboxylic acids is 1. The predicted octanol–water partition coefficient (Wildman–Crippen LogP) is 3.98. The highest BCUT2D eigenvalue weighted by molar-refractivity contribution is 5.77. The maximum atomic E-state index is 12.9. The number of hydrogen-bond acceptors (Lipinski definition) is 3. The molecule has 0 spiro atoms. The van der Waals surface area contributed by atoms with E-state index in [0.717, 1.165) is 11.6 Å². The number of hydrogen-bond donors (Lipinski definition) is 1. The predicted molar refractivity (Wildman–Crippen MR) is 91.2 cm³/mol. The zero-order chi connectivity index (χ0) is 19.2. The van der Waals surface area contributed by atoms with Crippen molar-refractivity contribution in [3.05, 3.63) is 59.7 Å². The Hall–Kier alpha value is -2.70. The molecular formula is C19H20F3NO3. The summed E-state index contributed by atoms with van der Waals surface area (Å²) in [6.07, 6.45) is -4.50. The van der Waals surface area contributed by atoms with Crippen LogP contribution in [0, 0.1) is 6.92 Å². The SMILES string of the molecule is Cc1ccccc1OCC(=O)NC(C)COc1ccccc1C(F)(F)F. The third-order valence-electron chi connectivity index (χ3n) is 3.54. The molecule has 1 amide bonds. The Balaban J connectivity index is 1.83. The Morgan fingerprint density at radius 3 is 2.31 bits per heavy atom. The van der Waals surface area contributed by atoms with Crippen molar-refractivity contribution in [2.24, 2.45) is 0 Å². The van der Waals surface area contributed by atoms with Gasteiger partial charge >= 0.3 is 6.18 Å². The average molecular weight is 367 g/mol. The van der Waals surface area contributed by atoms with Gasteiger partial charge in [-0.1, -0.05) is 30.3 Å². The molecule has 0 aliphatic heterocycles. The van der Waals surface area contributed by atoms with Crippen LogP contribution in [-0.2, 0) is 11.0 Å². The maximum Gasteiger partial charge on any atom is 0.419 e. The van der Waals surface area contributed by atoms with Crippen LogP contribution in [0.15, 0.2) is 48.5 Å². The molecule has 0 fully saturated rings. The number of ether oxygens (including phenoxy) is 2. The van der Waals surface area contributed by atoms with Crippen LogP contribution in [0.5, 0.6) is 11.5 Å². The first kappa shape index (κ1) is 19.6. The van der Waals surface area contributed by atoms with Crippen LogP contribution in [0.1, 0.15) is 18.1 Å². The number of para-hydroxylation sites is 2. The molecule has 1 N–H and O–H groups in total. The molecule has 0 aliphatic carbocycles. The minimum Gasteiger partial charge on any atom is -0.491 e. The largest absolute Gasteiger partial charge is 0.491 e. The number of aryl methyl sites for hydroxylation is 1. The highest BCUT2D eigenvalue weighted by atomic mass is 19.4. The van der Waals surface area contributed by atoms with E-state index >= 15 is 0 Å². The van der Waals surface area contributed by atoms with E-state index < -0.39 is 17.8 Å². The zero-order valence-electron chi connectivity index (χ0n) is 14.5. The van der Waals surface area contributed by atoms with E-state index in [1.54, 1.807) is 19.1 Å². The van der Waals surface area contributed by atoms with E-state index in [4.69, 9.17) is 9.47 Å². The van der Waals surface area contributed by atoms with Gasteiger partial charge in [0.1, 0.15) is 18.1 Å². The number of nitrogens with one attached hydrogen (secondary N) is 1. The smallest absolute Gasteiger partial charge is 0.419 e. The van der Waals surface area contributed by atoms with Crippen LogP contribution in [-0.4, -0.2) is 25.2 Å². The molecule has 0 aliphatic rings. The molecule has 2 rings (SSSR count). The molecule has 0 saturated carbocycles. The summed E-state index contributed by atoms with van der Waals surface area (Å²) >= 11 is 0. The van der Waals surface area contributed by atoms with Crippen LogP contribution in [0.2, 0.25) is 0 Å². The summed E-state index contributed by atoms with van der Waals surface area (Å²) in [5.74, 6) is -0.0450. The third kappa shape index (κ3) is 5.68. The lowest BCUT2D eigenvalue weighted by atomic mass is 10.2. The second-order valence-electron chi connectivity index (χ2n) is 5.83. The summed E-state index contributed by atoms with van der Waals surface area (Å²) in [5, 5.41) is 2.63. The van der Waals surface area contributed by atoms with E-state index in [9.17, 15) is 18.0 Å². The van der Waals surface area contributed by atoms with Crippen molar-refractivity contribution in [3.8, 4) is 11.5 Å². The fourth-order valence-electron chi connectivity index (χ4n) is 2.26. The first-order chi connectivity index (χ1) is 12.3. The number of amides is 1. The number of halogens is 3. The van der Waals surface area contributed by atoms with Crippen LogP contribution >= 0.6 is 0 Å².